The fourth-order valence-corrected chi connectivity index (χ4v) is 2.13. The molecule has 0 fully saturated rings. The number of rotatable bonds is 9. The molecule has 7 heteroatoms. The normalized spacial score (nSPS) is 10.6. The van der Waals surface area contributed by atoms with Crippen LogP contribution in [0.2, 0.25) is 5.02 Å². The Morgan fingerprint density at radius 2 is 2.05 bits per heavy atom. The van der Waals surface area contributed by atoms with Gasteiger partial charge in [-0.2, -0.15) is 4.80 Å². The van der Waals surface area contributed by atoms with E-state index in [2.05, 4.69) is 15.4 Å². The molecule has 0 saturated carbocycles. The van der Waals surface area contributed by atoms with Crippen molar-refractivity contribution in [3.63, 3.8) is 0 Å². The van der Waals surface area contributed by atoms with Crippen molar-refractivity contribution in [2.45, 2.75) is 32.2 Å². The molecule has 2 rings (SSSR count). The van der Waals surface area contributed by atoms with Crippen LogP contribution in [0.5, 0.6) is 11.5 Å². The van der Waals surface area contributed by atoms with Crippen LogP contribution in [0.25, 0.3) is 0 Å². The van der Waals surface area contributed by atoms with E-state index in [4.69, 9.17) is 21.1 Å². The Bertz CT molecular complexity index is 534. The van der Waals surface area contributed by atoms with Gasteiger partial charge in [0.15, 0.2) is 6.33 Å². The number of hydrogen-bond acceptors (Lipinski definition) is 5. The van der Waals surface area contributed by atoms with Crippen molar-refractivity contribution in [2.75, 3.05) is 13.7 Å². The summed E-state index contributed by atoms with van der Waals surface area (Å²) in [5, 5.41) is 12.0. The summed E-state index contributed by atoms with van der Waals surface area (Å²) in [6.45, 7) is 1.47. The minimum atomic E-state index is 0.576. The summed E-state index contributed by atoms with van der Waals surface area (Å²) in [4.78, 5) is 1.60. The Morgan fingerprint density at radius 1 is 1.19 bits per heavy atom. The molecule has 21 heavy (non-hydrogen) atoms. The van der Waals surface area contributed by atoms with E-state index in [9.17, 15) is 0 Å². The number of aryl methyl sites for hydroxylation is 1. The van der Waals surface area contributed by atoms with Gasteiger partial charge in [0.05, 0.1) is 25.3 Å². The quantitative estimate of drug-likeness (QED) is 0.666. The van der Waals surface area contributed by atoms with Gasteiger partial charge in [-0.3, -0.25) is 0 Å². The zero-order chi connectivity index (χ0) is 14.9. The molecule has 0 aliphatic rings. The molecule has 6 nitrogen and oxygen atoms in total. The summed E-state index contributed by atoms with van der Waals surface area (Å²) < 4.78 is 10.8. The molecule has 1 heterocycles. The molecule has 114 valence electrons. The van der Waals surface area contributed by atoms with Gasteiger partial charge in [0, 0.05) is 6.07 Å². The molecule has 1 aromatic carbocycles. The summed E-state index contributed by atoms with van der Waals surface area (Å²) >= 11 is 6.10. The summed E-state index contributed by atoms with van der Waals surface area (Å²) in [5.74, 6) is 1.43. The van der Waals surface area contributed by atoms with E-state index in [0.717, 1.165) is 38.0 Å². The Labute approximate surface area is 129 Å². The zero-order valence-corrected chi connectivity index (χ0v) is 12.8. The smallest absolute Gasteiger partial charge is 0.162 e. The van der Waals surface area contributed by atoms with Gasteiger partial charge in [-0.15, -0.1) is 10.2 Å². The van der Waals surface area contributed by atoms with E-state index in [-0.39, 0.29) is 0 Å². The minimum Gasteiger partial charge on any atom is -0.497 e. The Morgan fingerprint density at radius 3 is 2.76 bits per heavy atom. The van der Waals surface area contributed by atoms with Gasteiger partial charge >= 0.3 is 0 Å². The molecule has 0 amide bonds. The zero-order valence-electron chi connectivity index (χ0n) is 12.0. The maximum atomic E-state index is 6.10. The number of halogens is 1. The third-order valence-corrected chi connectivity index (χ3v) is 3.34. The van der Waals surface area contributed by atoms with Crippen LogP contribution in [-0.2, 0) is 6.54 Å². The third-order valence-electron chi connectivity index (χ3n) is 3.04. The standard InChI is InChI=1S/C14H19ClN4O2/c1-20-12-6-7-14(13(15)10-12)21-9-5-3-2-4-8-19-17-11-16-18-19/h6-7,10-11H,2-5,8-9H2,1H3. The molecule has 0 N–H and O–H groups in total. The van der Waals surface area contributed by atoms with Crippen LogP contribution in [0.1, 0.15) is 25.7 Å². The van der Waals surface area contributed by atoms with Crippen molar-refractivity contribution < 1.29 is 9.47 Å². The van der Waals surface area contributed by atoms with Crippen molar-refractivity contribution in [3.05, 3.63) is 29.5 Å². The molecular formula is C14H19ClN4O2. The van der Waals surface area contributed by atoms with Crippen molar-refractivity contribution in [2.24, 2.45) is 0 Å². The van der Waals surface area contributed by atoms with Gasteiger partial charge in [-0.1, -0.05) is 18.0 Å². The first-order valence-corrected chi connectivity index (χ1v) is 7.34. The van der Waals surface area contributed by atoms with Crippen LogP contribution in [0, 0.1) is 0 Å². The van der Waals surface area contributed by atoms with Gasteiger partial charge in [0.1, 0.15) is 11.5 Å². The lowest BCUT2D eigenvalue weighted by atomic mass is 10.2. The number of unbranched alkanes of at least 4 members (excludes halogenated alkanes) is 3. The lowest BCUT2D eigenvalue weighted by Crippen LogP contribution is -2.03. The summed E-state index contributed by atoms with van der Waals surface area (Å²) in [5.41, 5.74) is 0. The van der Waals surface area contributed by atoms with Crippen molar-refractivity contribution in [1.82, 2.24) is 20.2 Å². The molecular weight excluding hydrogens is 292 g/mol. The van der Waals surface area contributed by atoms with Crippen LogP contribution in [0.4, 0.5) is 0 Å². The van der Waals surface area contributed by atoms with Crippen molar-refractivity contribution in [3.8, 4) is 11.5 Å². The Kier molecular flexibility index (Phi) is 6.27. The molecule has 0 atom stereocenters. The van der Waals surface area contributed by atoms with Crippen LogP contribution < -0.4 is 9.47 Å². The molecule has 0 aliphatic carbocycles. The number of tetrazole rings is 1. The number of nitrogens with zero attached hydrogens (tertiary/aromatic N) is 4. The predicted molar refractivity (Wildman–Crippen MR) is 79.8 cm³/mol. The van der Waals surface area contributed by atoms with Crippen molar-refractivity contribution in [1.29, 1.82) is 0 Å². The highest BCUT2D eigenvalue weighted by molar-refractivity contribution is 6.32. The van der Waals surface area contributed by atoms with Crippen LogP contribution in [-0.4, -0.2) is 33.9 Å². The lowest BCUT2D eigenvalue weighted by molar-refractivity contribution is 0.303. The first-order chi connectivity index (χ1) is 10.3. The van der Waals surface area contributed by atoms with Crippen LogP contribution in [0.3, 0.4) is 0 Å². The minimum absolute atomic E-state index is 0.576. The molecule has 0 saturated heterocycles. The molecule has 2 aromatic rings. The molecule has 0 unspecified atom stereocenters. The Balaban J connectivity index is 1.57. The maximum Gasteiger partial charge on any atom is 0.162 e. The topological polar surface area (TPSA) is 62.1 Å². The SMILES string of the molecule is COc1ccc(OCCCCCCn2ncnn2)c(Cl)c1. The fourth-order valence-electron chi connectivity index (χ4n) is 1.91. The second kappa shape index (κ2) is 8.46. The van der Waals surface area contributed by atoms with Crippen LogP contribution in [0.15, 0.2) is 24.5 Å². The number of aromatic nitrogens is 4. The molecule has 0 bridgehead atoms. The average Bonchev–Trinajstić information content (AvgIpc) is 3.01. The third kappa shape index (κ3) is 5.23. The second-order valence-electron chi connectivity index (χ2n) is 4.59. The second-order valence-corrected chi connectivity index (χ2v) is 5.00. The van der Waals surface area contributed by atoms with Gasteiger partial charge in [-0.25, -0.2) is 0 Å². The van der Waals surface area contributed by atoms with Gasteiger partial charge < -0.3 is 9.47 Å². The molecule has 0 spiro atoms. The van der Waals surface area contributed by atoms with E-state index in [1.807, 2.05) is 12.1 Å². The van der Waals surface area contributed by atoms with Crippen LogP contribution >= 0.6 is 11.6 Å². The number of ether oxygens (including phenoxy) is 2. The molecule has 0 aliphatic heterocycles. The monoisotopic (exact) mass is 310 g/mol. The average molecular weight is 311 g/mol. The summed E-state index contributed by atoms with van der Waals surface area (Å²) in [6.07, 6.45) is 5.70. The number of benzene rings is 1. The highest BCUT2D eigenvalue weighted by atomic mass is 35.5. The number of methoxy groups -OCH3 is 1. The van der Waals surface area contributed by atoms with E-state index >= 15 is 0 Å². The van der Waals surface area contributed by atoms with E-state index < -0.39 is 0 Å². The largest absolute Gasteiger partial charge is 0.497 e. The first-order valence-electron chi connectivity index (χ1n) is 6.96. The molecule has 0 radical (unpaired) electrons. The van der Waals surface area contributed by atoms with Crippen molar-refractivity contribution >= 4 is 11.6 Å². The predicted octanol–water partition coefficient (Wildman–Crippen LogP) is 2.97. The van der Waals surface area contributed by atoms with Gasteiger partial charge in [-0.05, 0) is 36.6 Å². The lowest BCUT2D eigenvalue weighted by Gasteiger charge is -2.09. The van der Waals surface area contributed by atoms with Gasteiger partial charge in [0.25, 0.3) is 0 Å². The highest BCUT2D eigenvalue weighted by Gasteiger charge is 2.03. The molecule has 1 aromatic heterocycles. The maximum absolute atomic E-state index is 6.10. The fraction of sp³-hybridized carbons (Fsp3) is 0.500. The van der Waals surface area contributed by atoms with Gasteiger partial charge in [0.2, 0.25) is 0 Å². The van der Waals surface area contributed by atoms with E-state index in [0.29, 0.717) is 17.4 Å². The Hall–Kier alpha value is -1.82. The number of hydrogen-bond donors (Lipinski definition) is 0. The summed E-state index contributed by atoms with van der Waals surface area (Å²) in [6, 6.07) is 5.42. The summed E-state index contributed by atoms with van der Waals surface area (Å²) in [7, 11) is 1.61. The van der Waals surface area contributed by atoms with E-state index in [1.54, 1.807) is 18.0 Å². The first kappa shape index (κ1) is 15.6. The van der Waals surface area contributed by atoms with E-state index in [1.165, 1.54) is 6.33 Å². The highest BCUT2D eigenvalue weighted by Crippen LogP contribution is 2.28.